The Labute approximate surface area is 94.5 Å². The molecule has 2 rings (SSSR count). The summed E-state index contributed by atoms with van der Waals surface area (Å²) in [7, 11) is 1.91. The Morgan fingerprint density at radius 3 is 3.06 bits per heavy atom. The lowest BCUT2D eigenvalue weighted by molar-refractivity contribution is -0.139. The van der Waals surface area contributed by atoms with Crippen molar-refractivity contribution in [1.29, 1.82) is 0 Å². The fraction of sp³-hybridized carbons (Fsp3) is 0.417. The van der Waals surface area contributed by atoms with Crippen LogP contribution in [0.4, 0.5) is 0 Å². The molecule has 0 saturated carbocycles. The molecular formula is C12H15NO3. The van der Waals surface area contributed by atoms with Crippen LogP contribution in [-0.2, 0) is 16.6 Å². The van der Waals surface area contributed by atoms with Gasteiger partial charge in [0.05, 0.1) is 17.9 Å². The molecule has 0 radical (unpaired) electrons. The van der Waals surface area contributed by atoms with Crippen LogP contribution in [0.1, 0.15) is 19.5 Å². The second kappa shape index (κ2) is 4.04. The molecule has 1 aromatic rings. The molecule has 4 heteroatoms. The molecule has 0 saturated heterocycles. The van der Waals surface area contributed by atoms with Crippen molar-refractivity contribution in [3.8, 4) is 5.75 Å². The van der Waals surface area contributed by atoms with Gasteiger partial charge in [0.1, 0.15) is 11.9 Å². The zero-order chi connectivity index (χ0) is 11.7. The molecule has 0 aromatic carbocycles. The molecule has 0 bridgehead atoms. The molecule has 86 valence electrons. The molecule has 1 atom stereocenters. The van der Waals surface area contributed by atoms with Crippen LogP contribution >= 0.6 is 0 Å². The van der Waals surface area contributed by atoms with Crippen LogP contribution in [0.25, 0.3) is 6.08 Å². The smallest absolute Gasteiger partial charge is 0.337 e. The van der Waals surface area contributed by atoms with Crippen LogP contribution in [-0.4, -0.2) is 23.2 Å². The molecular weight excluding hydrogens is 206 g/mol. The highest BCUT2D eigenvalue weighted by Crippen LogP contribution is 2.30. The van der Waals surface area contributed by atoms with Gasteiger partial charge >= 0.3 is 5.97 Å². The van der Waals surface area contributed by atoms with Crippen molar-refractivity contribution in [1.82, 2.24) is 4.57 Å². The highest BCUT2D eigenvalue weighted by atomic mass is 16.5. The van der Waals surface area contributed by atoms with Crippen LogP contribution in [0.3, 0.4) is 0 Å². The van der Waals surface area contributed by atoms with Crippen LogP contribution in [0.2, 0.25) is 0 Å². The fourth-order valence-electron chi connectivity index (χ4n) is 1.75. The summed E-state index contributed by atoms with van der Waals surface area (Å²) in [6, 6.07) is 1.89. The van der Waals surface area contributed by atoms with E-state index >= 15 is 0 Å². The minimum atomic E-state index is -0.304. The maximum Gasteiger partial charge on any atom is 0.337 e. The summed E-state index contributed by atoms with van der Waals surface area (Å²) >= 11 is 0. The quantitative estimate of drug-likeness (QED) is 0.714. The number of hydrogen-bond acceptors (Lipinski definition) is 3. The number of esters is 1. The Morgan fingerprint density at radius 1 is 1.62 bits per heavy atom. The van der Waals surface area contributed by atoms with Crippen molar-refractivity contribution in [2.24, 2.45) is 7.05 Å². The first-order valence-electron chi connectivity index (χ1n) is 5.34. The predicted octanol–water partition coefficient (Wildman–Crippen LogP) is 1.75. The first kappa shape index (κ1) is 10.8. The van der Waals surface area contributed by atoms with Crippen LogP contribution in [0, 0.1) is 0 Å². The second-order valence-corrected chi connectivity index (χ2v) is 3.76. The summed E-state index contributed by atoms with van der Waals surface area (Å²) in [6.45, 7) is 4.02. The van der Waals surface area contributed by atoms with Crippen molar-refractivity contribution in [3.05, 3.63) is 23.5 Å². The Balaban J connectivity index is 2.36. The maximum absolute atomic E-state index is 11.7. The first-order chi connectivity index (χ1) is 7.63. The lowest BCUT2D eigenvalue weighted by atomic mass is 10.1. The normalized spacial score (nSPS) is 18.4. The minimum absolute atomic E-state index is 0.256. The summed E-state index contributed by atoms with van der Waals surface area (Å²) in [5.74, 6) is 0.505. The Hall–Kier alpha value is -1.71. The van der Waals surface area contributed by atoms with Gasteiger partial charge in [-0.25, -0.2) is 4.79 Å². The predicted molar refractivity (Wildman–Crippen MR) is 60.1 cm³/mol. The molecule has 0 unspecified atom stereocenters. The van der Waals surface area contributed by atoms with E-state index in [2.05, 4.69) is 0 Å². The van der Waals surface area contributed by atoms with Crippen LogP contribution in [0.5, 0.6) is 5.75 Å². The number of carbonyl (C=O) groups is 1. The highest BCUT2D eigenvalue weighted by Gasteiger charge is 2.26. The Morgan fingerprint density at radius 2 is 2.38 bits per heavy atom. The number of aromatic nitrogens is 1. The van der Waals surface area contributed by atoms with E-state index < -0.39 is 0 Å². The SMILES string of the molecule is CCOC(=O)C1=Cc2c(ccn2C)O[C@@H]1C. The molecule has 1 aromatic heterocycles. The number of carbonyl (C=O) groups excluding carboxylic acids is 1. The average Bonchev–Trinajstić information content (AvgIpc) is 2.59. The summed E-state index contributed by atoms with van der Waals surface area (Å²) < 4.78 is 12.5. The Kier molecular flexibility index (Phi) is 2.73. The average molecular weight is 221 g/mol. The monoisotopic (exact) mass is 221 g/mol. The van der Waals surface area contributed by atoms with Gasteiger partial charge in [0.2, 0.25) is 0 Å². The second-order valence-electron chi connectivity index (χ2n) is 3.76. The minimum Gasteiger partial charge on any atom is -0.484 e. The summed E-state index contributed by atoms with van der Waals surface area (Å²) in [5.41, 5.74) is 1.47. The van der Waals surface area contributed by atoms with E-state index in [4.69, 9.17) is 9.47 Å². The van der Waals surface area contributed by atoms with Gasteiger partial charge in [-0.1, -0.05) is 0 Å². The summed E-state index contributed by atoms with van der Waals surface area (Å²) in [6.07, 6.45) is 3.48. The lowest BCUT2D eigenvalue weighted by Crippen LogP contribution is -2.25. The van der Waals surface area contributed by atoms with E-state index in [1.54, 1.807) is 6.92 Å². The lowest BCUT2D eigenvalue weighted by Gasteiger charge is -2.21. The molecule has 16 heavy (non-hydrogen) atoms. The van der Waals surface area contributed by atoms with E-state index in [0.29, 0.717) is 12.2 Å². The van der Waals surface area contributed by atoms with Gasteiger partial charge in [0.25, 0.3) is 0 Å². The first-order valence-corrected chi connectivity index (χ1v) is 5.34. The number of nitrogens with zero attached hydrogens (tertiary/aromatic N) is 1. The van der Waals surface area contributed by atoms with E-state index in [0.717, 1.165) is 11.4 Å². The van der Waals surface area contributed by atoms with E-state index in [1.807, 2.05) is 36.9 Å². The zero-order valence-electron chi connectivity index (χ0n) is 9.69. The molecule has 0 spiro atoms. The number of aryl methyl sites for hydroxylation is 1. The largest absolute Gasteiger partial charge is 0.484 e. The van der Waals surface area contributed by atoms with Crippen LogP contribution < -0.4 is 4.74 Å². The molecule has 0 aliphatic carbocycles. The number of rotatable bonds is 2. The van der Waals surface area contributed by atoms with Crippen molar-refractivity contribution in [3.63, 3.8) is 0 Å². The van der Waals surface area contributed by atoms with Gasteiger partial charge in [-0.05, 0) is 26.0 Å². The standard InChI is InChI=1S/C12H15NO3/c1-4-15-12(14)9-7-10-11(16-8(9)2)5-6-13(10)3/h5-8H,4H2,1-3H3/t8-/m1/s1. The number of fused-ring (bicyclic) bond motifs is 1. The summed E-state index contributed by atoms with van der Waals surface area (Å²) in [5, 5.41) is 0. The van der Waals surface area contributed by atoms with Gasteiger partial charge in [0.15, 0.2) is 0 Å². The maximum atomic E-state index is 11.7. The van der Waals surface area contributed by atoms with Crippen LogP contribution in [0.15, 0.2) is 17.8 Å². The molecule has 0 amide bonds. The molecule has 4 nitrogen and oxygen atoms in total. The van der Waals surface area contributed by atoms with E-state index in [9.17, 15) is 4.79 Å². The third kappa shape index (κ3) is 1.71. The fourth-order valence-corrected chi connectivity index (χ4v) is 1.75. The van der Waals surface area contributed by atoms with E-state index in [-0.39, 0.29) is 12.1 Å². The third-order valence-corrected chi connectivity index (χ3v) is 2.63. The molecule has 2 heterocycles. The van der Waals surface area contributed by atoms with Gasteiger partial charge in [-0.15, -0.1) is 0 Å². The van der Waals surface area contributed by atoms with E-state index in [1.165, 1.54) is 0 Å². The van der Waals surface area contributed by atoms with Gasteiger partial charge in [0, 0.05) is 13.2 Å². The Bertz CT molecular complexity index is 445. The van der Waals surface area contributed by atoms with Gasteiger partial charge in [-0.3, -0.25) is 0 Å². The number of ether oxygens (including phenoxy) is 2. The van der Waals surface area contributed by atoms with Crippen molar-refractivity contribution >= 4 is 12.0 Å². The topological polar surface area (TPSA) is 40.5 Å². The third-order valence-electron chi connectivity index (χ3n) is 2.63. The van der Waals surface area contributed by atoms with Crippen molar-refractivity contribution in [2.75, 3.05) is 6.61 Å². The van der Waals surface area contributed by atoms with Gasteiger partial charge in [-0.2, -0.15) is 0 Å². The van der Waals surface area contributed by atoms with Crippen molar-refractivity contribution < 1.29 is 14.3 Å². The van der Waals surface area contributed by atoms with Gasteiger partial charge < -0.3 is 14.0 Å². The summed E-state index contributed by atoms with van der Waals surface area (Å²) in [4.78, 5) is 11.7. The zero-order valence-corrected chi connectivity index (χ0v) is 9.69. The molecule has 0 fully saturated rings. The molecule has 1 aliphatic heterocycles. The van der Waals surface area contributed by atoms with Crippen molar-refractivity contribution in [2.45, 2.75) is 20.0 Å². The molecule has 1 aliphatic rings. The number of hydrogen-bond donors (Lipinski definition) is 0. The highest BCUT2D eigenvalue weighted by molar-refractivity contribution is 5.95. The molecule has 0 N–H and O–H groups in total.